The van der Waals surface area contributed by atoms with Crippen LogP contribution in [0.15, 0.2) is 40.9 Å². The molecule has 0 fully saturated rings. The van der Waals surface area contributed by atoms with Gasteiger partial charge in [0.2, 0.25) is 5.91 Å². The van der Waals surface area contributed by atoms with Crippen LogP contribution in [-0.4, -0.2) is 24.2 Å². The molecule has 2 rings (SSSR count). The summed E-state index contributed by atoms with van der Waals surface area (Å²) in [4.78, 5) is 23.2. The van der Waals surface area contributed by atoms with Gasteiger partial charge in [-0.25, -0.2) is 4.39 Å². The highest BCUT2D eigenvalue weighted by molar-refractivity contribution is 9.10. The Kier molecular flexibility index (Phi) is 9.00. The fourth-order valence-corrected chi connectivity index (χ4v) is 3.69. The minimum atomic E-state index is -4.77. The van der Waals surface area contributed by atoms with E-state index >= 15 is 0 Å². The van der Waals surface area contributed by atoms with Crippen molar-refractivity contribution in [2.24, 2.45) is 0 Å². The average Bonchev–Trinajstić information content (AvgIpc) is 2.68. The zero-order valence-electron chi connectivity index (χ0n) is 16.4. The molecule has 0 spiro atoms. The van der Waals surface area contributed by atoms with E-state index in [-0.39, 0.29) is 15.6 Å². The molecule has 1 unspecified atom stereocenters. The van der Waals surface area contributed by atoms with Gasteiger partial charge in [-0.3, -0.25) is 20.4 Å². The summed E-state index contributed by atoms with van der Waals surface area (Å²) in [7, 11) is 0. The van der Waals surface area contributed by atoms with Crippen LogP contribution in [-0.2, 0) is 4.79 Å². The number of allylic oxidation sites excluding steroid dienone is 1. The molecule has 0 bridgehead atoms. The summed E-state index contributed by atoms with van der Waals surface area (Å²) in [5.74, 6) is -5.70. The van der Waals surface area contributed by atoms with E-state index in [0.29, 0.717) is 0 Å². The standard InChI is InChI=1S/C20H12BrCl2F7N2O2/c21-13-5-9(1-3-11(13)18(34)32-31-16(33)8-19(25,26)27)2-4-12(20(28,29)30)10-6-14(22)17(24)15(23)7-10/h1-7,12H,8H2,(H,31,33)(H,32,34)/b4-2+. The van der Waals surface area contributed by atoms with Crippen LogP contribution in [0.2, 0.25) is 10.0 Å². The molecule has 0 aromatic heterocycles. The predicted molar refractivity (Wildman–Crippen MR) is 115 cm³/mol. The molecule has 0 radical (unpaired) electrons. The Morgan fingerprint density at radius 2 is 1.59 bits per heavy atom. The van der Waals surface area contributed by atoms with Gasteiger partial charge >= 0.3 is 12.4 Å². The van der Waals surface area contributed by atoms with Crippen LogP contribution in [0.25, 0.3) is 6.08 Å². The summed E-state index contributed by atoms with van der Waals surface area (Å²) in [6, 6.07) is 5.30. The van der Waals surface area contributed by atoms with Gasteiger partial charge in [0.15, 0.2) is 5.82 Å². The van der Waals surface area contributed by atoms with Crippen molar-refractivity contribution in [1.82, 2.24) is 10.9 Å². The van der Waals surface area contributed by atoms with Crippen LogP contribution in [0, 0.1) is 5.82 Å². The lowest BCUT2D eigenvalue weighted by Crippen LogP contribution is -2.43. The SMILES string of the molecule is O=C(CC(F)(F)F)NNC(=O)c1ccc(/C=C/C(c2cc(Cl)c(F)c(Cl)c2)C(F)(F)F)cc1Br. The normalized spacial score (nSPS) is 13.1. The Morgan fingerprint density at radius 1 is 1.00 bits per heavy atom. The van der Waals surface area contributed by atoms with E-state index < -0.39 is 57.9 Å². The molecule has 184 valence electrons. The number of nitrogens with one attached hydrogen (secondary N) is 2. The molecule has 2 aromatic rings. The van der Waals surface area contributed by atoms with Gasteiger partial charge in [-0.2, -0.15) is 26.3 Å². The maximum Gasteiger partial charge on any atom is 0.399 e. The van der Waals surface area contributed by atoms with Gasteiger partial charge in [0.1, 0.15) is 6.42 Å². The third-order valence-electron chi connectivity index (χ3n) is 4.11. The molecular weight excluding hydrogens is 584 g/mol. The minimum absolute atomic E-state index is 0.0775. The van der Waals surface area contributed by atoms with Crippen molar-refractivity contribution < 1.29 is 40.3 Å². The molecular formula is C20H12BrCl2F7N2O2. The smallest absolute Gasteiger partial charge is 0.273 e. The molecule has 0 aliphatic heterocycles. The summed E-state index contributed by atoms with van der Waals surface area (Å²) in [5, 5.41) is -1.16. The lowest BCUT2D eigenvalue weighted by molar-refractivity contribution is -0.154. The molecule has 0 aliphatic carbocycles. The minimum Gasteiger partial charge on any atom is -0.273 e. The monoisotopic (exact) mass is 594 g/mol. The number of benzene rings is 2. The van der Waals surface area contributed by atoms with Crippen molar-refractivity contribution in [3.05, 3.63) is 73.4 Å². The number of halogens is 10. The van der Waals surface area contributed by atoms with Crippen molar-refractivity contribution in [1.29, 1.82) is 0 Å². The summed E-state index contributed by atoms with van der Waals surface area (Å²) in [6.07, 6.45) is -9.47. The van der Waals surface area contributed by atoms with Crippen molar-refractivity contribution in [2.75, 3.05) is 0 Å². The van der Waals surface area contributed by atoms with Crippen LogP contribution in [0.1, 0.15) is 33.8 Å². The Bertz CT molecular complexity index is 1100. The number of hydrogen-bond acceptors (Lipinski definition) is 2. The van der Waals surface area contributed by atoms with Crippen LogP contribution in [0.5, 0.6) is 0 Å². The molecule has 2 amide bonds. The largest absolute Gasteiger partial charge is 0.399 e. The van der Waals surface area contributed by atoms with Gasteiger partial charge in [0.05, 0.1) is 21.5 Å². The number of alkyl halides is 6. The number of carbonyl (C=O) groups is 2. The van der Waals surface area contributed by atoms with Crippen LogP contribution < -0.4 is 10.9 Å². The molecule has 34 heavy (non-hydrogen) atoms. The molecule has 0 saturated heterocycles. The number of carbonyl (C=O) groups excluding carboxylic acids is 2. The van der Waals surface area contributed by atoms with E-state index in [1.165, 1.54) is 18.2 Å². The number of rotatable bonds is 5. The second-order valence-electron chi connectivity index (χ2n) is 6.71. The summed E-state index contributed by atoms with van der Waals surface area (Å²) < 4.78 is 90.8. The summed E-state index contributed by atoms with van der Waals surface area (Å²) >= 11 is 14.2. The molecule has 2 aromatic carbocycles. The van der Waals surface area contributed by atoms with Crippen LogP contribution >= 0.6 is 39.1 Å². The second kappa shape index (κ2) is 11.0. The van der Waals surface area contributed by atoms with Crippen molar-refractivity contribution in [3.63, 3.8) is 0 Å². The first-order valence-electron chi connectivity index (χ1n) is 8.93. The first kappa shape index (κ1) is 27.9. The second-order valence-corrected chi connectivity index (χ2v) is 8.38. The molecule has 1 atom stereocenters. The quantitative estimate of drug-likeness (QED) is 0.223. The Balaban J connectivity index is 2.20. The molecule has 2 N–H and O–H groups in total. The van der Waals surface area contributed by atoms with Gasteiger partial charge < -0.3 is 0 Å². The van der Waals surface area contributed by atoms with Crippen LogP contribution in [0.3, 0.4) is 0 Å². The lowest BCUT2D eigenvalue weighted by Gasteiger charge is -2.18. The summed E-state index contributed by atoms with van der Waals surface area (Å²) in [6.45, 7) is 0. The molecule has 0 heterocycles. The number of hydrazine groups is 1. The maximum atomic E-state index is 13.6. The van der Waals surface area contributed by atoms with Gasteiger partial charge in [-0.05, 0) is 51.3 Å². The van der Waals surface area contributed by atoms with E-state index in [0.717, 1.165) is 24.3 Å². The maximum absolute atomic E-state index is 13.6. The highest BCUT2D eigenvalue weighted by Crippen LogP contribution is 2.39. The van der Waals surface area contributed by atoms with Crippen molar-refractivity contribution >= 4 is 57.0 Å². The zero-order valence-corrected chi connectivity index (χ0v) is 19.5. The highest BCUT2D eigenvalue weighted by Gasteiger charge is 2.39. The van der Waals surface area contributed by atoms with Crippen molar-refractivity contribution in [2.45, 2.75) is 24.7 Å². The van der Waals surface area contributed by atoms with Gasteiger partial charge in [0, 0.05) is 4.47 Å². The first-order valence-corrected chi connectivity index (χ1v) is 10.5. The Labute approximate surface area is 206 Å². The van der Waals surface area contributed by atoms with Gasteiger partial charge in [0.25, 0.3) is 5.91 Å². The third kappa shape index (κ3) is 7.88. The average molecular weight is 596 g/mol. The van der Waals surface area contributed by atoms with E-state index in [2.05, 4.69) is 15.9 Å². The van der Waals surface area contributed by atoms with Gasteiger partial charge in [-0.15, -0.1) is 0 Å². The zero-order chi connectivity index (χ0) is 25.8. The third-order valence-corrected chi connectivity index (χ3v) is 5.32. The lowest BCUT2D eigenvalue weighted by atomic mass is 9.97. The number of amides is 2. The fourth-order valence-electron chi connectivity index (χ4n) is 2.61. The molecule has 4 nitrogen and oxygen atoms in total. The first-order chi connectivity index (χ1) is 15.6. The fraction of sp³-hybridized carbons (Fsp3) is 0.200. The highest BCUT2D eigenvalue weighted by atomic mass is 79.9. The van der Waals surface area contributed by atoms with Gasteiger partial charge in [-0.1, -0.05) is 41.4 Å². The summed E-state index contributed by atoms with van der Waals surface area (Å²) in [5.41, 5.74) is 3.09. The predicted octanol–water partition coefficient (Wildman–Crippen LogP) is 6.97. The number of hydrogen-bond donors (Lipinski definition) is 2. The van der Waals surface area contributed by atoms with E-state index in [9.17, 15) is 40.3 Å². The Morgan fingerprint density at radius 3 is 2.09 bits per heavy atom. The Hall–Kier alpha value is -2.31. The van der Waals surface area contributed by atoms with E-state index in [1.54, 1.807) is 10.9 Å². The molecule has 0 saturated carbocycles. The van der Waals surface area contributed by atoms with E-state index in [1.807, 2.05) is 0 Å². The molecule has 14 heteroatoms. The topological polar surface area (TPSA) is 58.2 Å². The van der Waals surface area contributed by atoms with Crippen molar-refractivity contribution in [3.8, 4) is 0 Å². The molecule has 0 aliphatic rings. The van der Waals surface area contributed by atoms with Crippen LogP contribution in [0.4, 0.5) is 30.7 Å². The van der Waals surface area contributed by atoms with E-state index in [4.69, 9.17) is 23.2 Å².